The fourth-order valence-electron chi connectivity index (χ4n) is 3.34. The van der Waals surface area contributed by atoms with Gasteiger partial charge >= 0.3 is 0 Å². The van der Waals surface area contributed by atoms with Crippen molar-refractivity contribution in [3.63, 3.8) is 0 Å². The highest BCUT2D eigenvalue weighted by Crippen LogP contribution is 2.23. The van der Waals surface area contributed by atoms with Crippen LogP contribution in [0.5, 0.6) is 11.6 Å². The molecule has 0 saturated carbocycles. The monoisotopic (exact) mass is 363 g/mol. The molecule has 6 nitrogen and oxygen atoms in total. The number of rotatable bonds is 4. The van der Waals surface area contributed by atoms with E-state index in [4.69, 9.17) is 9.47 Å². The molecule has 1 fully saturated rings. The lowest BCUT2D eigenvalue weighted by atomic mass is 10.1. The standard InChI is InChI=1S/C21H21N3O3/c1-26-19-9-5-2-6-16(19)21(25)24-12-10-15(11-13-24)27-20-14-22-17-7-3-4-8-18(17)23-20/h2-9,14-15H,10-13H2,1H3. The van der Waals surface area contributed by atoms with Crippen molar-refractivity contribution in [3.8, 4) is 11.6 Å². The summed E-state index contributed by atoms with van der Waals surface area (Å²) >= 11 is 0. The molecule has 2 heterocycles. The second-order valence-corrected chi connectivity index (χ2v) is 6.51. The van der Waals surface area contributed by atoms with Crippen molar-refractivity contribution in [2.75, 3.05) is 20.2 Å². The average Bonchev–Trinajstić information content (AvgIpc) is 2.73. The molecule has 0 spiro atoms. The molecule has 27 heavy (non-hydrogen) atoms. The van der Waals surface area contributed by atoms with Crippen LogP contribution in [0.25, 0.3) is 11.0 Å². The summed E-state index contributed by atoms with van der Waals surface area (Å²) in [6.07, 6.45) is 3.21. The minimum Gasteiger partial charge on any atom is -0.496 e. The summed E-state index contributed by atoms with van der Waals surface area (Å²) in [5.41, 5.74) is 2.26. The molecule has 0 N–H and O–H groups in total. The van der Waals surface area contributed by atoms with Crippen LogP contribution in [-0.2, 0) is 0 Å². The molecule has 0 unspecified atom stereocenters. The van der Waals surface area contributed by atoms with Crippen molar-refractivity contribution in [1.29, 1.82) is 0 Å². The highest BCUT2D eigenvalue weighted by molar-refractivity contribution is 5.97. The Hall–Kier alpha value is -3.15. The van der Waals surface area contributed by atoms with E-state index < -0.39 is 0 Å². The van der Waals surface area contributed by atoms with E-state index >= 15 is 0 Å². The fourth-order valence-corrected chi connectivity index (χ4v) is 3.34. The summed E-state index contributed by atoms with van der Waals surface area (Å²) in [7, 11) is 1.58. The Kier molecular flexibility index (Phi) is 4.87. The van der Waals surface area contributed by atoms with Crippen LogP contribution in [0.4, 0.5) is 0 Å². The van der Waals surface area contributed by atoms with Gasteiger partial charge in [-0.25, -0.2) is 9.97 Å². The maximum Gasteiger partial charge on any atom is 0.257 e. The number of ether oxygens (including phenoxy) is 2. The summed E-state index contributed by atoms with van der Waals surface area (Å²) in [6, 6.07) is 15.0. The number of methoxy groups -OCH3 is 1. The SMILES string of the molecule is COc1ccccc1C(=O)N1CCC(Oc2cnc3ccccc3n2)CC1. The van der Waals surface area contributed by atoms with E-state index in [0.29, 0.717) is 30.3 Å². The molecule has 1 aromatic heterocycles. The number of hydrogen-bond acceptors (Lipinski definition) is 5. The van der Waals surface area contributed by atoms with Crippen LogP contribution >= 0.6 is 0 Å². The number of nitrogens with zero attached hydrogens (tertiary/aromatic N) is 3. The molecule has 0 atom stereocenters. The van der Waals surface area contributed by atoms with E-state index in [0.717, 1.165) is 23.9 Å². The van der Waals surface area contributed by atoms with Gasteiger partial charge in [0, 0.05) is 25.9 Å². The summed E-state index contributed by atoms with van der Waals surface area (Å²) in [5.74, 6) is 1.13. The summed E-state index contributed by atoms with van der Waals surface area (Å²) in [5, 5.41) is 0. The van der Waals surface area contributed by atoms with E-state index in [9.17, 15) is 4.79 Å². The van der Waals surface area contributed by atoms with Crippen molar-refractivity contribution in [3.05, 3.63) is 60.3 Å². The van der Waals surface area contributed by atoms with Crippen molar-refractivity contribution in [1.82, 2.24) is 14.9 Å². The van der Waals surface area contributed by atoms with Gasteiger partial charge < -0.3 is 14.4 Å². The number of carbonyl (C=O) groups excluding carboxylic acids is 1. The minimum absolute atomic E-state index is 0.00334. The second-order valence-electron chi connectivity index (χ2n) is 6.51. The first-order valence-electron chi connectivity index (χ1n) is 9.05. The zero-order valence-corrected chi connectivity index (χ0v) is 15.2. The van der Waals surface area contributed by atoms with E-state index in [-0.39, 0.29) is 12.0 Å². The number of piperidine rings is 1. The molecular formula is C21H21N3O3. The third-order valence-corrected chi connectivity index (χ3v) is 4.78. The Morgan fingerprint density at radius 2 is 1.74 bits per heavy atom. The number of hydrogen-bond donors (Lipinski definition) is 0. The van der Waals surface area contributed by atoms with E-state index in [1.807, 2.05) is 47.4 Å². The van der Waals surface area contributed by atoms with Gasteiger partial charge in [0.1, 0.15) is 11.9 Å². The van der Waals surface area contributed by atoms with Gasteiger partial charge in [-0.3, -0.25) is 4.79 Å². The minimum atomic E-state index is -0.00334. The van der Waals surface area contributed by atoms with Crippen LogP contribution in [0.2, 0.25) is 0 Å². The van der Waals surface area contributed by atoms with Crippen LogP contribution in [0, 0.1) is 0 Å². The Bertz CT molecular complexity index is 952. The topological polar surface area (TPSA) is 64.5 Å². The predicted octanol–water partition coefficient (Wildman–Crippen LogP) is 3.32. The highest BCUT2D eigenvalue weighted by atomic mass is 16.5. The number of likely N-dealkylation sites (tertiary alicyclic amines) is 1. The van der Waals surface area contributed by atoms with Crippen molar-refractivity contribution in [2.24, 2.45) is 0 Å². The Morgan fingerprint density at radius 1 is 1.04 bits per heavy atom. The number of aromatic nitrogens is 2. The van der Waals surface area contributed by atoms with Gasteiger partial charge in [-0.2, -0.15) is 0 Å². The summed E-state index contributed by atoms with van der Waals surface area (Å²) < 4.78 is 11.3. The number of fused-ring (bicyclic) bond motifs is 1. The van der Waals surface area contributed by atoms with E-state index in [1.165, 1.54) is 0 Å². The number of benzene rings is 2. The molecule has 0 bridgehead atoms. The Balaban J connectivity index is 1.39. The average molecular weight is 363 g/mol. The first kappa shape index (κ1) is 17.3. The molecule has 6 heteroatoms. The van der Waals surface area contributed by atoms with Crippen LogP contribution in [0.1, 0.15) is 23.2 Å². The number of carbonyl (C=O) groups is 1. The molecule has 3 aromatic rings. The fraction of sp³-hybridized carbons (Fsp3) is 0.286. The lowest BCUT2D eigenvalue weighted by molar-refractivity contribution is 0.0585. The maximum absolute atomic E-state index is 12.8. The molecule has 4 rings (SSSR count). The number of amides is 1. The summed E-state index contributed by atoms with van der Waals surface area (Å²) in [4.78, 5) is 23.5. The predicted molar refractivity (Wildman–Crippen MR) is 102 cm³/mol. The lowest BCUT2D eigenvalue weighted by Gasteiger charge is -2.32. The van der Waals surface area contributed by atoms with Gasteiger partial charge in [-0.15, -0.1) is 0 Å². The quantitative estimate of drug-likeness (QED) is 0.711. The molecule has 0 aliphatic carbocycles. The van der Waals surface area contributed by atoms with E-state index in [1.54, 1.807) is 19.4 Å². The van der Waals surface area contributed by atoms with Gasteiger partial charge in [0.2, 0.25) is 5.88 Å². The number of para-hydroxylation sites is 3. The van der Waals surface area contributed by atoms with Crippen LogP contribution in [-0.4, -0.2) is 47.1 Å². The van der Waals surface area contributed by atoms with Crippen molar-refractivity contribution in [2.45, 2.75) is 18.9 Å². The van der Waals surface area contributed by atoms with Gasteiger partial charge in [-0.1, -0.05) is 24.3 Å². The third-order valence-electron chi connectivity index (χ3n) is 4.78. The maximum atomic E-state index is 12.8. The lowest BCUT2D eigenvalue weighted by Crippen LogP contribution is -2.42. The normalized spacial score (nSPS) is 14.9. The van der Waals surface area contributed by atoms with Gasteiger partial charge in [0.15, 0.2) is 0 Å². The van der Waals surface area contributed by atoms with Gasteiger partial charge in [0.25, 0.3) is 5.91 Å². The Labute approximate surface area is 157 Å². The largest absolute Gasteiger partial charge is 0.496 e. The Morgan fingerprint density at radius 3 is 2.52 bits per heavy atom. The first-order valence-corrected chi connectivity index (χ1v) is 9.05. The highest BCUT2D eigenvalue weighted by Gasteiger charge is 2.26. The zero-order valence-electron chi connectivity index (χ0n) is 15.2. The van der Waals surface area contributed by atoms with Crippen LogP contribution in [0.15, 0.2) is 54.7 Å². The van der Waals surface area contributed by atoms with Crippen LogP contribution in [0.3, 0.4) is 0 Å². The second kappa shape index (κ2) is 7.61. The third kappa shape index (κ3) is 3.69. The van der Waals surface area contributed by atoms with Crippen molar-refractivity contribution < 1.29 is 14.3 Å². The molecule has 1 aliphatic rings. The molecule has 138 valence electrons. The van der Waals surface area contributed by atoms with Crippen LogP contribution < -0.4 is 9.47 Å². The van der Waals surface area contributed by atoms with Gasteiger partial charge in [-0.05, 0) is 24.3 Å². The smallest absolute Gasteiger partial charge is 0.257 e. The molecule has 0 radical (unpaired) electrons. The molecule has 2 aromatic carbocycles. The van der Waals surface area contributed by atoms with Gasteiger partial charge in [0.05, 0.1) is 29.9 Å². The van der Waals surface area contributed by atoms with E-state index in [2.05, 4.69) is 9.97 Å². The molecule has 1 aliphatic heterocycles. The molecular weight excluding hydrogens is 342 g/mol. The summed E-state index contributed by atoms with van der Waals surface area (Å²) in [6.45, 7) is 1.28. The zero-order chi connectivity index (χ0) is 18.6. The molecule has 1 saturated heterocycles. The first-order chi connectivity index (χ1) is 13.2. The molecule has 1 amide bonds. The van der Waals surface area contributed by atoms with Crippen molar-refractivity contribution >= 4 is 16.9 Å².